The molecule has 2 aromatic carbocycles. The van der Waals surface area contributed by atoms with Gasteiger partial charge in [-0.25, -0.2) is 4.98 Å². The van der Waals surface area contributed by atoms with Crippen LogP contribution in [0.5, 0.6) is 0 Å². The van der Waals surface area contributed by atoms with Gasteiger partial charge < -0.3 is 9.88 Å². The Bertz CT molecular complexity index is 1070. The molecule has 1 N–H and O–H groups in total. The van der Waals surface area contributed by atoms with Gasteiger partial charge in [0.25, 0.3) is 5.91 Å². The number of para-hydroxylation sites is 1. The number of hydrogen-bond acceptors (Lipinski definition) is 3. The number of rotatable bonds is 5. The Morgan fingerprint density at radius 1 is 1.04 bits per heavy atom. The lowest BCUT2D eigenvalue weighted by Crippen LogP contribution is -2.25. The standard InChI is InChI=1S/C21H20N4O/c1-15-24-19-14-23-18-11-6-5-10-17(18)20(19)25(15)13-7-12-22-21(26)16-8-3-2-4-9-16/h2-6,8-11,14H,7,12-13H2,1H3,(H,22,26). The molecule has 1 amide bonds. The summed E-state index contributed by atoms with van der Waals surface area (Å²) < 4.78 is 2.22. The summed E-state index contributed by atoms with van der Waals surface area (Å²) in [4.78, 5) is 21.2. The lowest BCUT2D eigenvalue weighted by molar-refractivity contribution is 0.0953. The van der Waals surface area contributed by atoms with Crippen molar-refractivity contribution in [3.8, 4) is 0 Å². The minimum atomic E-state index is -0.0348. The molecule has 0 spiro atoms. The van der Waals surface area contributed by atoms with Crippen molar-refractivity contribution in [2.24, 2.45) is 0 Å². The van der Waals surface area contributed by atoms with Crippen LogP contribution in [-0.2, 0) is 6.54 Å². The molecule has 130 valence electrons. The monoisotopic (exact) mass is 344 g/mol. The first kappa shape index (κ1) is 16.3. The van der Waals surface area contributed by atoms with E-state index >= 15 is 0 Å². The Morgan fingerprint density at radius 3 is 2.65 bits per heavy atom. The minimum absolute atomic E-state index is 0.0348. The fourth-order valence-corrected chi connectivity index (χ4v) is 3.28. The minimum Gasteiger partial charge on any atom is -0.352 e. The van der Waals surface area contributed by atoms with Gasteiger partial charge in [-0.1, -0.05) is 36.4 Å². The average molecular weight is 344 g/mol. The van der Waals surface area contributed by atoms with Crippen LogP contribution in [0.2, 0.25) is 0 Å². The summed E-state index contributed by atoms with van der Waals surface area (Å²) in [5.41, 5.74) is 3.68. The molecule has 0 aliphatic rings. The molecule has 0 fully saturated rings. The van der Waals surface area contributed by atoms with Crippen LogP contribution in [0.1, 0.15) is 22.6 Å². The predicted molar refractivity (Wildman–Crippen MR) is 103 cm³/mol. The number of pyridine rings is 1. The first-order valence-electron chi connectivity index (χ1n) is 8.78. The Labute approximate surface area is 151 Å². The van der Waals surface area contributed by atoms with Crippen molar-refractivity contribution >= 4 is 27.8 Å². The fraction of sp³-hybridized carbons (Fsp3) is 0.190. The number of nitrogens with one attached hydrogen (secondary N) is 1. The molecule has 26 heavy (non-hydrogen) atoms. The number of benzene rings is 2. The summed E-state index contributed by atoms with van der Waals surface area (Å²) in [5.74, 6) is 0.931. The number of amides is 1. The molecule has 5 nitrogen and oxygen atoms in total. The van der Waals surface area contributed by atoms with Crippen LogP contribution in [0, 0.1) is 6.92 Å². The van der Waals surface area contributed by atoms with Crippen LogP contribution in [-0.4, -0.2) is 27.0 Å². The second-order valence-electron chi connectivity index (χ2n) is 6.30. The molecule has 5 heteroatoms. The Morgan fingerprint density at radius 2 is 1.81 bits per heavy atom. The van der Waals surface area contributed by atoms with E-state index in [1.165, 1.54) is 0 Å². The lowest BCUT2D eigenvalue weighted by Gasteiger charge is -2.09. The van der Waals surface area contributed by atoms with Crippen LogP contribution in [0.4, 0.5) is 0 Å². The summed E-state index contributed by atoms with van der Waals surface area (Å²) in [6.45, 7) is 3.43. The molecule has 0 unspecified atom stereocenters. The van der Waals surface area contributed by atoms with Gasteiger partial charge in [-0.15, -0.1) is 0 Å². The van der Waals surface area contributed by atoms with Gasteiger partial charge in [-0.2, -0.15) is 0 Å². The van der Waals surface area contributed by atoms with E-state index < -0.39 is 0 Å². The number of imidazole rings is 1. The van der Waals surface area contributed by atoms with E-state index in [2.05, 4.69) is 25.9 Å². The van der Waals surface area contributed by atoms with E-state index in [0.29, 0.717) is 12.1 Å². The summed E-state index contributed by atoms with van der Waals surface area (Å²) in [5, 5.41) is 4.09. The molecule has 4 rings (SSSR count). The van der Waals surface area contributed by atoms with Crippen LogP contribution < -0.4 is 5.32 Å². The van der Waals surface area contributed by atoms with Gasteiger partial charge in [0.05, 0.1) is 17.2 Å². The van der Waals surface area contributed by atoms with Crippen LogP contribution in [0.3, 0.4) is 0 Å². The van der Waals surface area contributed by atoms with Crippen LogP contribution in [0.25, 0.3) is 21.9 Å². The number of carbonyl (C=O) groups is 1. The zero-order chi connectivity index (χ0) is 17.9. The highest BCUT2D eigenvalue weighted by Crippen LogP contribution is 2.24. The summed E-state index contributed by atoms with van der Waals surface area (Å²) in [6.07, 6.45) is 2.67. The number of aromatic nitrogens is 3. The van der Waals surface area contributed by atoms with Gasteiger partial charge in [0.15, 0.2) is 0 Å². The van der Waals surface area contributed by atoms with Crippen molar-refractivity contribution in [3.05, 3.63) is 72.2 Å². The molecule has 2 heterocycles. The molecule has 4 aromatic rings. The zero-order valence-electron chi connectivity index (χ0n) is 14.6. The maximum atomic E-state index is 12.1. The molecule has 0 radical (unpaired) electrons. The van der Waals surface area contributed by atoms with Crippen LogP contribution in [0.15, 0.2) is 60.8 Å². The lowest BCUT2D eigenvalue weighted by atomic mass is 10.2. The summed E-state index contributed by atoms with van der Waals surface area (Å²) in [6, 6.07) is 17.4. The number of hydrogen-bond donors (Lipinski definition) is 1. The normalized spacial score (nSPS) is 11.1. The second-order valence-corrected chi connectivity index (χ2v) is 6.30. The largest absolute Gasteiger partial charge is 0.352 e. The number of aryl methyl sites for hydroxylation is 2. The van der Waals surface area contributed by atoms with E-state index in [-0.39, 0.29) is 5.91 Å². The molecule has 2 aromatic heterocycles. The SMILES string of the molecule is Cc1nc2cnc3ccccc3c2n1CCCNC(=O)c1ccccc1. The molecule has 0 atom stereocenters. The second kappa shape index (κ2) is 6.96. The van der Waals surface area contributed by atoms with Gasteiger partial charge in [-0.3, -0.25) is 9.78 Å². The third kappa shape index (κ3) is 3.04. The van der Waals surface area contributed by atoms with E-state index in [9.17, 15) is 4.79 Å². The Balaban J connectivity index is 1.50. The van der Waals surface area contributed by atoms with E-state index in [0.717, 1.165) is 40.7 Å². The highest BCUT2D eigenvalue weighted by molar-refractivity contribution is 6.02. The number of fused-ring (bicyclic) bond motifs is 3. The molecule has 0 aliphatic heterocycles. The topological polar surface area (TPSA) is 59.8 Å². The van der Waals surface area contributed by atoms with Gasteiger partial charge in [-0.05, 0) is 31.5 Å². The summed E-state index contributed by atoms with van der Waals surface area (Å²) in [7, 11) is 0. The third-order valence-corrected chi connectivity index (χ3v) is 4.55. The quantitative estimate of drug-likeness (QED) is 0.561. The van der Waals surface area contributed by atoms with E-state index in [1.807, 2.05) is 61.7 Å². The van der Waals surface area contributed by atoms with E-state index in [4.69, 9.17) is 0 Å². The predicted octanol–water partition coefficient (Wildman–Crippen LogP) is 3.71. The highest BCUT2D eigenvalue weighted by atomic mass is 16.1. The maximum Gasteiger partial charge on any atom is 0.251 e. The first-order chi connectivity index (χ1) is 12.7. The summed E-state index contributed by atoms with van der Waals surface area (Å²) >= 11 is 0. The van der Waals surface area contributed by atoms with Crippen molar-refractivity contribution in [3.63, 3.8) is 0 Å². The third-order valence-electron chi connectivity index (χ3n) is 4.55. The Kier molecular flexibility index (Phi) is 4.35. The van der Waals surface area contributed by atoms with Crippen molar-refractivity contribution in [2.75, 3.05) is 6.54 Å². The fourth-order valence-electron chi connectivity index (χ4n) is 3.28. The van der Waals surface area contributed by atoms with Gasteiger partial charge in [0.2, 0.25) is 0 Å². The smallest absolute Gasteiger partial charge is 0.251 e. The number of nitrogens with zero attached hydrogens (tertiary/aromatic N) is 3. The van der Waals surface area contributed by atoms with Crippen molar-refractivity contribution < 1.29 is 4.79 Å². The highest BCUT2D eigenvalue weighted by Gasteiger charge is 2.11. The van der Waals surface area contributed by atoms with Crippen molar-refractivity contribution in [1.82, 2.24) is 19.9 Å². The first-order valence-corrected chi connectivity index (χ1v) is 8.78. The molecular weight excluding hydrogens is 324 g/mol. The van der Waals surface area contributed by atoms with E-state index in [1.54, 1.807) is 0 Å². The zero-order valence-corrected chi connectivity index (χ0v) is 14.6. The molecule has 0 aliphatic carbocycles. The van der Waals surface area contributed by atoms with Gasteiger partial charge in [0, 0.05) is 24.0 Å². The van der Waals surface area contributed by atoms with Gasteiger partial charge in [0.1, 0.15) is 11.3 Å². The van der Waals surface area contributed by atoms with Crippen LogP contribution >= 0.6 is 0 Å². The van der Waals surface area contributed by atoms with Crippen molar-refractivity contribution in [2.45, 2.75) is 19.9 Å². The molecule has 0 saturated carbocycles. The number of carbonyl (C=O) groups excluding carboxylic acids is 1. The Hall–Kier alpha value is -3.21. The maximum absolute atomic E-state index is 12.1. The molecule has 0 saturated heterocycles. The molecular formula is C21H20N4O. The van der Waals surface area contributed by atoms with Crippen molar-refractivity contribution in [1.29, 1.82) is 0 Å². The van der Waals surface area contributed by atoms with Gasteiger partial charge >= 0.3 is 0 Å². The average Bonchev–Trinajstić information content (AvgIpc) is 3.01. The molecule has 0 bridgehead atoms.